The molecule has 0 atom stereocenters. The Bertz CT molecular complexity index is 1030. The third-order valence-electron chi connectivity index (χ3n) is 4.40. The van der Waals surface area contributed by atoms with Crippen molar-refractivity contribution in [1.82, 2.24) is 4.57 Å². The normalized spacial score (nSPS) is 12.0. The van der Waals surface area contributed by atoms with Gasteiger partial charge in [-0.1, -0.05) is 55.1 Å². The van der Waals surface area contributed by atoms with Gasteiger partial charge >= 0.3 is 6.18 Å². The lowest BCUT2D eigenvalue weighted by Gasteiger charge is -2.12. The largest absolute Gasteiger partial charge is 0.416 e. The molecule has 0 N–H and O–H groups in total. The molecule has 0 saturated heterocycles. The Morgan fingerprint density at radius 3 is 1.68 bits per heavy atom. The average molecular weight is 337 g/mol. The maximum atomic E-state index is 12.8. The number of nitrogens with zero attached hydrogens (tertiary/aromatic N) is 1. The molecular weight excluding hydrogens is 323 g/mol. The van der Waals surface area contributed by atoms with Crippen molar-refractivity contribution in [3.05, 3.63) is 84.9 Å². The smallest absolute Gasteiger partial charge is 0.309 e. The first-order valence-corrected chi connectivity index (χ1v) is 7.82. The summed E-state index contributed by atoms with van der Waals surface area (Å²) in [5, 5.41) is 2.23. The molecule has 0 spiro atoms. The van der Waals surface area contributed by atoms with E-state index >= 15 is 0 Å². The van der Waals surface area contributed by atoms with Gasteiger partial charge in [0.1, 0.15) is 0 Å². The van der Waals surface area contributed by atoms with Crippen LogP contribution in [0.25, 0.3) is 33.1 Å². The van der Waals surface area contributed by atoms with Gasteiger partial charge in [-0.25, -0.2) is 0 Å². The van der Waals surface area contributed by atoms with E-state index in [1.807, 2.05) is 48.5 Å². The van der Waals surface area contributed by atoms with Crippen LogP contribution in [0.4, 0.5) is 13.2 Å². The lowest BCUT2D eigenvalue weighted by molar-refractivity contribution is -0.0686. The predicted molar refractivity (Wildman–Crippen MR) is 95.9 cm³/mol. The molecule has 1 nitrogen and oxygen atoms in total. The first-order valence-electron chi connectivity index (χ1n) is 7.82. The molecule has 0 radical (unpaired) electrons. The molecule has 0 unspecified atom stereocenters. The fraction of sp³-hybridized carbons (Fsp3) is 0.0476. The summed E-state index contributed by atoms with van der Waals surface area (Å²) < 4.78 is 40.5. The number of hydrogen-bond donors (Lipinski definition) is 0. The molecule has 0 aliphatic heterocycles. The van der Waals surface area contributed by atoms with Crippen LogP contribution in [0.5, 0.6) is 0 Å². The Morgan fingerprint density at radius 2 is 1.20 bits per heavy atom. The summed E-state index contributed by atoms with van der Waals surface area (Å²) in [6, 6.07) is 22.3. The van der Waals surface area contributed by atoms with Gasteiger partial charge in [-0.2, -0.15) is 13.2 Å². The summed E-state index contributed by atoms with van der Waals surface area (Å²) in [5.41, 5.74) is 2.10. The zero-order valence-corrected chi connectivity index (χ0v) is 13.2. The number of alkyl halides is 3. The maximum absolute atomic E-state index is 12.8. The first-order chi connectivity index (χ1) is 12.0. The highest BCUT2D eigenvalue weighted by Gasteiger charge is 2.32. The van der Waals surface area contributed by atoms with Crippen LogP contribution in [0.1, 0.15) is 5.56 Å². The quantitative estimate of drug-likeness (QED) is 0.401. The molecule has 0 aliphatic rings. The molecule has 4 aromatic rings. The van der Waals surface area contributed by atoms with Crippen molar-refractivity contribution in [1.29, 1.82) is 0 Å². The second kappa shape index (κ2) is 5.52. The van der Waals surface area contributed by atoms with Gasteiger partial charge in [-0.3, -0.25) is 0 Å². The number of para-hydroxylation sites is 2. The number of rotatable bonds is 2. The van der Waals surface area contributed by atoms with Crippen LogP contribution in [0, 0.1) is 0 Å². The monoisotopic (exact) mass is 337 g/mol. The van der Waals surface area contributed by atoms with Gasteiger partial charge in [0, 0.05) is 16.5 Å². The Kier molecular flexibility index (Phi) is 3.42. The summed E-state index contributed by atoms with van der Waals surface area (Å²) >= 11 is 0. The van der Waals surface area contributed by atoms with Crippen LogP contribution in [0.15, 0.2) is 79.4 Å². The molecule has 1 heterocycles. The van der Waals surface area contributed by atoms with Gasteiger partial charge in [-0.15, -0.1) is 0 Å². The van der Waals surface area contributed by atoms with Crippen LogP contribution >= 0.6 is 0 Å². The van der Waals surface area contributed by atoms with Crippen LogP contribution < -0.4 is 0 Å². The Hall–Kier alpha value is -3.01. The maximum Gasteiger partial charge on any atom is 0.416 e. The second-order valence-electron chi connectivity index (χ2n) is 5.89. The third-order valence-corrected chi connectivity index (χ3v) is 4.40. The highest BCUT2D eigenvalue weighted by atomic mass is 19.4. The summed E-state index contributed by atoms with van der Waals surface area (Å²) in [7, 11) is 0. The SMILES string of the molecule is C=C(c1ccc(-n2c3ccccc3c3ccccc32)cc1)C(F)(F)F. The van der Waals surface area contributed by atoms with Gasteiger partial charge in [0.25, 0.3) is 0 Å². The Balaban J connectivity index is 1.91. The van der Waals surface area contributed by atoms with E-state index in [0.29, 0.717) is 0 Å². The van der Waals surface area contributed by atoms with Gasteiger partial charge in [-0.05, 0) is 29.8 Å². The van der Waals surface area contributed by atoms with Crippen LogP contribution in [0.3, 0.4) is 0 Å². The Morgan fingerprint density at radius 1 is 0.720 bits per heavy atom. The number of benzene rings is 3. The molecule has 4 rings (SSSR count). The van der Waals surface area contributed by atoms with Crippen LogP contribution in [-0.4, -0.2) is 10.7 Å². The molecule has 3 aromatic carbocycles. The van der Waals surface area contributed by atoms with E-state index in [-0.39, 0.29) is 5.56 Å². The van der Waals surface area contributed by atoms with E-state index in [2.05, 4.69) is 11.1 Å². The van der Waals surface area contributed by atoms with Crippen molar-refractivity contribution in [3.63, 3.8) is 0 Å². The summed E-state index contributed by atoms with van der Waals surface area (Å²) in [6.07, 6.45) is -4.42. The van der Waals surface area contributed by atoms with Crippen molar-refractivity contribution in [3.8, 4) is 5.69 Å². The Labute approximate surface area is 142 Å². The minimum absolute atomic E-state index is 0.0806. The van der Waals surface area contributed by atoms with Crippen LogP contribution in [0.2, 0.25) is 0 Å². The highest BCUT2D eigenvalue weighted by Crippen LogP contribution is 2.34. The third kappa shape index (κ3) is 2.50. The van der Waals surface area contributed by atoms with Crippen molar-refractivity contribution in [2.45, 2.75) is 6.18 Å². The summed E-state index contributed by atoms with van der Waals surface area (Å²) in [6.45, 7) is 3.16. The van der Waals surface area contributed by atoms with Gasteiger partial charge in [0.15, 0.2) is 0 Å². The van der Waals surface area contributed by atoms with E-state index in [0.717, 1.165) is 27.5 Å². The van der Waals surface area contributed by atoms with Crippen LogP contribution in [-0.2, 0) is 0 Å². The molecule has 4 heteroatoms. The van der Waals surface area contributed by atoms with E-state index in [9.17, 15) is 13.2 Å². The minimum Gasteiger partial charge on any atom is -0.309 e. The summed E-state index contributed by atoms with van der Waals surface area (Å²) in [5.74, 6) is 0. The molecule has 25 heavy (non-hydrogen) atoms. The molecule has 0 fully saturated rings. The molecule has 124 valence electrons. The van der Waals surface area contributed by atoms with E-state index < -0.39 is 11.7 Å². The van der Waals surface area contributed by atoms with E-state index in [1.54, 1.807) is 12.1 Å². The first kappa shape index (κ1) is 15.5. The van der Waals surface area contributed by atoms with Crippen molar-refractivity contribution < 1.29 is 13.2 Å². The zero-order valence-electron chi connectivity index (χ0n) is 13.2. The molecular formula is C21H14F3N. The molecule has 0 bridgehead atoms. The number of allylic oxidation sites excluding steroid dienone is 1. The number of halogens is 3. The summed E-state index contributed by atoms with van der Waals surface area (Å²) in [4.78, 5) is 0. The number of hydrogen-bond acceptors (Lipinski definition) is 0. The van der Waals surface area contributed by atoms with Crippen molar-refractivity contribution >= 4 is 27.4 Å². The lowest BCUT2D eigenvalue weighted by Crippen LogP contribution is -2.09. The van der Waals surface area contributed by atoms with Gasteiger partial charge in [0.05, 0.1) is 16.6 Å². The highest BCUT2D eigenvalue weighted by molar-refractivity contribution is 6.09. The van der Waals surface area contributed by atoms with E-state index in [4.69, 9.17) is 0 Å². The fourth-order valence-corrected chi connectivity index (χ4v) is 3.18. The second-order valence-corrected chi connectivity index (χ2v) is 5.89. The van der Waals surface area contributed by atoms with Gasteiger partial charge in [0.2, 0.25) is 0 Å². The molecule has 0 saturated carbocycles. The number of fused-ring (bicyclic) bond motifs is 3. The predicted octanol–water partition coefficient (Wildman–Crippen LogP) is 6.36. The standard InChI is InChI=1S/C21H14F3N/c1-14(21(22,23)24)15-10-12-16(13-11-15)25-19-8-4-2-6-17(19)18-7-3-5-9-20(18)25/h2-13H,1H2. The topological polar surface area (TPSA) is 4.93 Å². The van der Waals surface area contributed by atoms with Gasteiger partial charge < -0.3 is 4.57 Å². The molecule has 0 aliphatic carbocycles. The van der Waals surface area contributed by atoms with Crippen molar-refractivity contribution in [2.75, 3.05) is 0 Å². The fourth-order valence-electron chi connectivity index (χ4n) is 3.18. The lowest BCUT2D eigenvalue weighted by atomic mass is 10.1. The zero-order chi connectivity index (χ0) is 17.6. The number of aromatic nitrogens is 1. The van der Waals surface area contributed by atoms with Crippen molar-refractivity contribution in [2.24, 2.45) is 0 Å². The van der Waals surface area contributed by atoms with E-state index in [1.165, 1.54) is 12.1 Å². The molecule has 0 amide bonds. The minimum atomic E-state index is -4.42. The average Bonchev–Trinajstić information content (AvgIpc) is 2.95. The molecule has 1 aromatic heterocycles.